The molecule has 0 spiro atoms. The molecule has 5 heteroatoms. The molecule has 1 aliphatic heterocycles. The van der Waals surface area contributed by atoms with Gasteiger partial charge in [-0.1, -0.05) is 153 Å². The van der Waals surface area contributed by atoms with Crippen molar-refractivity contribution in [1.29, 1.82) is 0 Å². The van der Waals surface area contributed by atoms with Crippen LogP contribution in [0.5, 0.6) is 0 Å². The fraction of sp³-hybridized carbons (Fsp3) is 0.0727. The Morgan fingerprint density at radius 1 is 0.433 bits per heavy atom. The van der Waals surface area contributed by atoms with Crippen molar-refractivity contribution in [1.82, 2.24) is 19.5 Å². The van der Waals surface area contributed by atoms with E-state index in [1.54, 1.807) is 0 Å². The van der Waals surface area contributed by atoms with E-state index in [9.17, 15) is 0 Å². The zero-order valence-corrected chi connectivity index (χ0v) is 33.3. The highest BCUT2D eigenvalue weighted by atomic mass is 15.2. The molecular weight excluding hydrogens is 731 g/mol. The maximum atomic E-state index is 5.17. The van der Waals surface area contributed by atoms with E-state index in [0.29, 0.717) is 17.5 Å². The topological polar surface area (TPSA) is 46.8 Å². The summed E-state index contributed by atoms with van der Waals surface area (Å²) < 4.78 is 2.47. The van der Waals surface area contributed by atoms with Crippen molar-refractivity contribution in [3.63, 3.8) is 0 Å². The maximum absolute atomic E-state index is 5.17. The Morgan fingerprint density at radius 2 is 1.08 bits per heavy atom. The first-order chi connectivity index (χ1) is 29.5. The number of hydrogen-bond acceptors (Lipinski definition) is 4. The predicted molar refractivity (Wildman–Crippen MR) is 246 cm³/mol. The van der Waals surface area contributed by atoms with Gasteiger partial charge in [-0.2, -0.15) is 0 Å². The van der Waals surface area contributed by atoms with Crippen molar-refractivity contribution in [3.05, 3.63) is 210 Å². The highest BCUT2D eigenvalue weighted by Gasteiger charge is 2.38. The fourth-order valence-electron chi connectivity index (χ4n) is 9.77. The summed E-state index contributed by atoms with van der Waals surface area (Å²) in [7, 11) is 0. The third-order valence-corrected chi connectivity index (χ3v) is 12.6. The smallest absolute Gasteiger partial charge is 0.164 e. The van der Waals surface area contributed by atoms with Crippen molar-refractivity contribution in [2.75, 3.05) is 4.90 Å². The summed E-state index contributed by atoms with van der Waals surface area (Å²) in [5.41, 5.74) is 17.4. The standard InChI is InChI=1S/C55H39N5/c1-55(2)45-26-13-15-28-48(45)59(39-22-10-5-11-23-39)50-33-44-41-24-12-14-27-47(41)60(49(44)34-46(50)55)40-30-29-37-31-38-21-16-25-42(51(38)43(37)32-40)54-57-52(35-17-6-3-7-18-35)56-53(58-54)36-19-8-4-9-20-36/h3-30,32-34H,31H2,1-2H3. The summed E-state index contributed by atoms with van der Waals surface area (Å²) in [6.45, 7) is 4.74. The number of aromatic nitrogens is 4. The molecule has 0 atom stereocenters. The van der Waals surface area contributed by atoms with Gasteiger partial charge < -0.3 is 9.47 Å². The Bertz CT molecular complexity index is 3250. The summed E-state index contributed by atoms with van der Waals surface area (Å²) in [5.74, 6) is 2.00. The molecule has 2 aromatic heterocycles. The minimum Gasteiger partial charge on any atom is -0.310 e. The molecule has 0 saturated carbocycles. The van der Waals surface area contributed by atoms with Crippen molar-refractivity contribution in [2.24, 2.45) is 0 Å². The van der Waals surface area contributed by atoms with Crippen LogP contribution in [0.3, 0.4) is 0 Å². The molecule has 60 heavy (non-hydrogen) atoms. The molecule has 0 saturated heterocycles. The molecule has 0 N–H and O–H groups in total. The molecule has 284 valence electrons. The second kappa shape index (κ2) is 13.2. The first kappa shape index (κ1) is 34.4. The predicted octanol–water partition coefficient (Wildman–Crippen LogP) is 13.6. The molecule has 0 radical (unpaired) electrons. The van der Waals surface area contributed by atoms with Gasteiger partial charge >= 0.3 is 0 Å². The summed E-state index contributed by atoms with van der Waals surface area (Å²) in [5, 5.41) is 2.46. The van der Waals surface area contributed by atoms with E-state index in [1.807, 2.05) is 36.4 Å². The van der Waals surface area contributed by atoms with E-state index in [-0.39, 0.29) is 5.41 Å². The molecule has 5 nitrogen and oxygen atoms in total. The van der Waals surface area contributed by atoms with E-state index in [2.05, 4.69) is 175 Å². The van der Waals surface area contributed by atoms with E-state index in [0.717, 1.165) is 34.5 Å². The zero-order valence-electron chi connectivity index (χ0n) is 33.3. The Kier molecular flexibility index (Phi) is 7.57. The quantitative estimate of drug-likeness (QED) is 0.175. The molecule has 0 fully saturated rings. The Balaban J connectivity index is 1.06. The zero-order chi connectivity index (χ0) is 40.0. The van der Waals surface area contributed by atoms with Gasteiger partial charge in [0.2, 0.25) is 0 Å². The number of para-hydroxylation sites is 3. The van der Waals surface area contributed by atoms with Crippen LogP contribution in [0.25, 0.3) is 72.8 Å². The van der Waals surface area contributed by atoms with Crippen LogP contribution in [0, 0.1) is 0 Å². The van der Waals surface area contributed by atoms with E-state index < -0.39 is 0 Å². The molecule has 1 aliphatic carbocycles. The van der Waals surface area contributed by atoms with Gasteiger partial charge in [0.1, 0.15) is 0 Å². The minimum atomic E-state index is -0.236. The molecule has 3 heterocycles. The fourth-order valence-corrected chi connectivity index (χ4v) is 9.77. The third kappa shape index (κ3) is 5.22. The van der Waals surface area contributed by atoms with Crippen molar-refractivity contribution in [2.45, 2.75) is 25.7 Å². The number of hydrogen-bond donors (Lipinski definition) is 0. The number of benzene rings is 8. The van der Waals surface area contributed by atoms with E-state index in [4.69, 9.17) is 15.0 Å². The highest BCUT2D eigenvalue weighted by Crippen LogP contribution is 2.54. The maximum Gasteiger partial charge on any atom is 0.164 e. The highest BCUT2D eigenvalue weighted by molar-refractivity contribution is 6.12. The van der Waals surface area contributed by atoms with Gasteiger partial charge in [-0.05, 0) is 88.3 Å². The molecule has 0 amide bonds. The lowest BCUT2D eigenvalue weighted by atomic mass is 9.73. The molecule has 10 aromatic rings. The third-order valence-electron chi connectivity index (χ3n) is 12.6. The molecule has 12 rings (SSSR count). The van der Waals surface area contributed by atoms with Crippen LogP contribution in [0.15, 0.2) is 188 Å². The van der Waals surface area contributed by atoms with Gasteiger partial charge in [0.25, 0.3) is 0 Å². The Labute approximate surface area is 348 Å². The summed E-state index contributed by atoms with van der Waals surface area (Å²) in [6, 6.07) is 67.4. The van der Waals surface area contributed by atoms with Crippen molar-refractivity contribution >= 4 is 38.9 Å². The normalized spacial score (nSPS) is 13.5. The monoisotopic (exact) mass is 769 g/mol. The van der Waals surface area contributed by atoms with Gasteiger partial charge in [-0.3, -0.25) is 0 Å². The van der Waals surface area contributed by atoms with Gasteiger partial charge in [0, 0.05) is 44.3 Å². The first-order valence-electron chi connectivity index (χ1n) is 20.7. The van der Waals surface area contributed by atoms with Gasteiger partial charge in [0.15, 0.2) is 17.5 Å². The van der Waals surface area contributed by atoms with Crippen LogP contribution in [-0.2, 0) is 11.8 Å². The Morgan fingerprint density at radius 3 is 1.83 bits per heavy atom. The van der Waals surface area contributed by atoms with Crippen LogP contribution in [0.2, 0.25) is 0 Å². The van der Waals surface area contributed by atoms with Crippen molar-refractivity contribution < 1.29 is 0 Å². The largest absolute Gasteiger partial charge is 0.310 e. The van der Waals surface area contributed by atoms with Gasteiger partial charge in [0.05, 0.1) is 22.4 Å². The molecular formula is C55H39N5. The molecule has 8 aromatic carbocycles. The lowest BCUT2D eigenvalue weighted by molar-refractivity contribution is 0.632. The molecule has 0 unspecified atom stereocenters. The first-order valence-corrected chi connectivity index (χ1v) is 20.7. The number of rotatable bonds is 5. The average molecular weight is 770 g/mol. The second-order valence-corrected chi connectivity index (χ2v) is 16.4. The van der Waals surface area contributed by atoms with E-state index >= 15 is 0 Å². The lowest BCUT2D eigenvalue weighted by Gasteiger charge is -2.42. The van der Waals surface area contributed by atoms with Crippen LogP contribution in [-0.4, -0.2) is 19.5 Å². The van der Waals surface area contributed by atoms with Crippen molar-refractivity contribution in [3.8, 4) is 51.0 Å². The lowest BCUT2D eigenvalue weighted by Crippen LogP contribution is -2.30. The average Bonchev–Trinajstić information content (AvgIpc) is 3.84. The van der Waals surface area contributed by atoms with Crippen LogP contribution < -0.4 is 4.90 Å². The second-order valence-electron chi connectivity index (χ2n) is 16.4. The molecule has 0 bridgehead atoms. The number of anilines is 3. The van der Waals surface area contributed by atoms with E-state index in [1.165, 1.54) is 66.6 Å². The summed E-state index contributed by atoms with van der Waals surface area (Å²) in [6.07, 6.45) is 0.852. The van der Waals surface area contributed by atoms with Gasteiger partial charge in [-0.15, -0.1) is 0 Å². The van der Waals surface area contributed by atoms with Crippen LogP contribution in [0.1, 0.15) is 36.1 Å². The Hall–Kier alpha value is -7.63. The summed E-state index contributed by atoms with van der Waals surface area (Å²) >= 11 is 0. The minimum absolute atomic E-state index is 0.236. The summed E-state index contributed by atoms with van der Waals surface area (Å²) in [4.78, 5) is 17.8. The number of nitrogens with zero attached hydrogens (tertiary/aromatic N) is 5. The number of fused-ring (bicyclic) bond motifs is 8. The van der Waals surface area contributed by atoms with Crippen LogP contribution >= 0.6 is 0 Å². The molecule has 2 aliphatic rings. The van der Waals surface area contributed by atoms with Crippen LogP contribution in [0.4, 0.5) is 17.1 Å². The SMILES string of the molecule is CC1(C)c2ccccc2N(c2ccccc2)c2cc3c4ccccc4n(-c4ccc5c(c4)-c4c(cccc4-c4nc(-c6ccccc6)nc(-c6ccccc6)n4)C5)c3cc21. The van der Waals surface area contributed by atoms with Gasteiger partial charge in [-0.25, -0.2) is 15.0 Å².